The molecule has 0 saturated heterocycles. The molecule has 104 valence electrons. The van der Waals surface area contributed by atoms with E-state index in [1.807, 2.05) is 6.07 Å². The summed E-state index contributed by atoms with van der Waals surface area (Å²) in [5.74, 6) is 1.08. The van der Waals surface area contributed by atoms with Crippen LogP contribution in [0.5, 0.6) is 0 Å². The molecule has 3 rings (SSSR count). The zero-order valence-electron chi connectivity index (χ0n) is 12.0. The summed E-state index contributed by atoms with van der Waals surface area (Å²) in [7, 11) is 2.07. The molecule has 1 N–H and O–H groups in total. The fourth-order valence-electron chi connectivity index (χ4n) is 2.57. The first-order valence-electron chi connectivity index (χ1n) is 6.98. The molecule has 0 atom stereocenters. The van der Waals surface area contributed by atoms with Crippen molar-refractivity contribution in [3.63, 3.8) is 0 Å². The molecule has 2 aromatic heterocycles. The Balaban J connectivity index is 1.63. The van der Waals surface area contributed by atoms with Gasteiger partial charge in [-0.15, -0.1) is 0 Å². The van der Waals surface area contributed by atoms with E-state index in [9.17, 15) is 0 Å². The standard InChI is InChI=1S/C16H20N4/c1-13-18-15-7-3-4-8-16(15)20(13)11-9-17-12-14-6-5-10-19(14)2/h3-8,10,17H,9,11-12H2,1-2H3. The van der Waals surface area contributed by atoms with Crippen molar-refractivity contribution in [1.29, 1.82) is 0 Å². The first-order chi connectivity index (χ1) is 9.75. The molecule has 0 aliphatic carbocycles. The van der Waals surface area contributed by atoms with Crippen LogP contribution >= 0.6 is 0 Å². The van der Waals surface area contributed by atoms with E-state index < -0.39 is 0 Å². The van der Waals surface area contributed by atoms with Crippen molar-refractivity contribution in [2.75, 3.05) is 6.54 Å². The number of hydrogen-bond acceptors (Lipinski definition) is 2. The smallest absolute Gasteiger partial charge is 0.106 e. The van der Waals surface area contributed by atoms with Crippen LogP contribution in [0.3, 0.4) is 0 Å². The molecule has 0 bridgehead atoms. The minimum absolute atomic E-state index is 0.898. The highest BCUT2D eigenvalue weighted by Gasteiger charge is 2.05. The predicted octanol–water partition coefficient (Wildman–Crippen LogP) is 2.47. The Morgan fingerprint density at radius 3 is 2.80 bits per heavy atom. The first-order valence-corrected chi connectivity index (χ1v) is 6.98. The van der Waals surface area contributed by atoms with Gasteiger partial charge < -0.3 is 14.5 Å². The maximum absolute atomic E-state index is 4.59. The summed E-state index contributed by atoms with van der Waals surface area (Å²) in [4.78, 5) is 4.59. The quantitative estimate of drug-likeness (QED) is 0.721. The molecule has 1 aromatic carbocycles. The van der Waals surface area contributed by atoms with E-state index in [0.717, 1.165) is 31.0 Å². The second kappa shape index (κ2) is 5.51. The molecule has 20 heavy (non-hydrogen) atoms. The van der Waals surface area contributed by atoms with E-state index in [1.54, 1.807) is 0 Å². The van der Waals surface area contributed by atoms with Gasteiger partial charge >= 0.3 is 0 Å². The summed E-state index contributed by atoms with van der Waals surface area (Å²) in [6.07, 6.45) is 2.07. The maximum atomic E-state index is 4.59. The highest BCUT2D eigenvalue weighted by atomic mass is 15.1. The van der Waals surface area contributed by atoms with Crippen molar-refractivity contribution < 1.29 is 0 Å². The number of imidazole rings is 1. The lowest BCUT2D eigenvalue weighted by Crippen LogP contribution is -2.21. The Hall–Kier alpha value is -2.07. The topological polar surface area (TPSA) is 34.8 Å². The lowest BCUT2D eigenvalue weighted by atomic mass is 10.3. The number of aromatic nitrogens is 3. The van der Waals surface area contributed by atoms with Gasteiger partial charge in [0.25, 0.3) is 0 Å². The summed E-state index contributed by atoms with van der Waals surface area (Å²) < 4.78 is 4.41. The van der Waals surface area contributed by atoms with E-state index in [4.69, 9.17) is 0 Å². The van der Waals surface area contributed by atoms with E-state index in [2.05, 4.69) is 69.9 Å². The van der Waals surface area contributed by atoms with Gasteiger partial charge in [-0.25, -0.2) is 4.98 Å². The molecule has 0 aliphatic heterocycles. The van der Waals surface area contributed by atoms with Crippen molar-refractivity contribution in [1.82, 2.24) is 19.4 Å². The van der Waals surface area contributed by atoms with Crippen LogP contribution < -0.4 is 5.32 Å². The number of para-hydroxylation sites is 2. The molecule has 0 radical (unpaired) electrons. The summed E-state index contributed by atoms with van der Waals surface area (Å²) in [5, 5.41) is 3.49. The monoisotopic (exact) mass is 268 g/mol. The predicted molar refractivity (Wildman–Crippen MR) is 81.6 cm³/mol. The number of aryl methyl sites for hydroxylation is 2. The first kappa shape index (κ1) is 12.9. The molecule has 0 amide bonds. The van der Waals surface area contributed by atoms with Crippen molar-refractivity contribution in [2.24, 2.45) is 7.05 Å². The molecule has 0 fully saturated rings. The van der Waals surface area contributed by atoms with Gasteiger partial charge in [0.15, 0.2) is 0 Å². The molecule has 0 saturated carbocycles. The van der Waals surface area contributed by atoms with E-state index in [-0.39, 0.29) is 0 Å². The van der Waals surface area contributed by atoms with E-state index in [1.165, 1.54) is 11.2 Å². The number of fused-ring (bicyclic) bond motifs is 1. The van der Waals surface area contributed by atoms with E-state index >= 15 is 0 Å². The van der Waals surface area contributed by atoms with Gasteiger partial charge in [-0.05, 0) is 31.2 Å². The molecule has 3 aromatic rings. The lowest BCUT2D eigenvalue weighted by Gasteiger charge is -2.09. The normalized spacial score (nSPS) is 11.3. The summed E-state index contributed by atoms with van der Waals surface area (Å²) in [6.45, 7) is 4.84. The minimum Gasteiger partial charge on any atom is -0.353 e. The Morgan fingerprint density at radius 1 is 1.15 bits per heavy atom. The van der Waals surface area contributed by atoms with Gasteiger partial charge in [0.2, 0.25) is 0 Å². The van der Waals surface area contributed by atoms with Gasteiger partial charge in [-0.1, -0.05) is 12.1 Å². The summed E-state index contributed by atoms with van der Waals surface area (Å²) in [5.41, 5.74) is 3.59. The largest absolute Gasteiger partial charge is 0.353 e. The van der Waals surface area contributed by atoms with Gasteiger partial charge in [0, 0.05) is 38.6 Å². The van der Waals surface area contributed by atoms with Crippen molar-refractivity contribution >= 4 is 11.0 Å². The zero-order valence-corrected chi connectivity index (χ0v) is 12.0. The Bertz CT molecular complexity index is 708. The van der Waals surface area contributed by atoms with Crippen LogP contribution in [0, 0.1) is 6.92 Å². The second-order valence-electron chi connectivity index (χ2n) is 5.09. The van der Waals surface area contributed by atoms with Crippen LogP contribution in [0.25, 0.3) is 11.0 Å². The average Bonchev–Trinajstić information content (AvgIpc) is 2.98. The highest BCUT2D eigenvalue weighted by molar-refractivity contribution is 5.75. The Kier molecular flexibility index (Phi) is 3.56. The fraction of sp³-hybridized carbons (Fsp3) is 0.312. The third-order valence-corrected chi connectivity index (χ3v) is 3.72. The van der Waals surface area contributed by atoms with Gasteiger partial charge in [0.1, 0.15) is 5.82 Å². The maximum Gasteiger partial charge on any atom is 0.106 e. The van der Waals surface area contributed by atoms with Crippen LogP contribution in [-0.4, -0.2) is 20.7 Å². The van der Waals surface area contributed by atoms with Crippen LogP contribution in [0.4, 0.5) is 0 Å². The van der Waals surface area contributed by atoms with Crippen molar-refractivity contribution in [3.8, 4) is 0 Å². The summed E-state index contributed by atoms with van der Waals surface area (Å²) in [6, 6.07) is 12.5. The minimum atomic E-state index is 0.898. The lowest BCUT2D eigenvalue weighted by molar-refractivity contribution is 0.584. The molecular weight excluding hydrogens is 248 g/mol. The van der Waals surface area contributed by atoms with Crippen LogP contribution in [0.1, 0.15) is 11.5 Å². The molecule has 4 nitrogen and oxygen atoms in total. The average molecular weight is 268 g/mol. The highest BCUT2D eigenvalue weighted by Crippen LogP contribution is 2.14. The van der Waals surface area contributed by atoms with Crippen molar-refractivity contribution in [2.45, 2.75) is 20.0 Å². The van der Waals surface area contributed by atoms with Crippen molar-refractivity contribution in [3.05, 3.63) is 54.1 Å². The summed E-state index contributed by atoms with van der Waals surface area (Å²) >= 11 is 0. The second-order valence-corrected chi connectivity index (χ2v) is 5.09. The Morgan fingerprint density at radius 2 is 2.00 bits per heavy atom. The molecular formula is C16H20N4. The Labute approximate surface area is 119 Å². The molecule has 4 heteroatoms. The van der Waals surface area contributed by atoms with Gasteiger partial charge in [-0.3, -0.25) is 0 Å². The molecule has 0 aliphatic rings. The zero-order chi connectivity index (χ0) is 13.9. The number of nitrogens with one attached hydrogen (secondary N) is 1. The van der Waals surface area contributed by atoms with Gasteiger partial charge in [-0.2, -0.15) is 0 Å². The van der Waals surface area contributed by atoms with Crippen LogP contribution in [-0.2, 0) is 20.1 Å². The number of nitrogens with zero attached hydrogens (tertiary/aromatic N) is 3. The fourth-order valence-corrected chi connectivity index (χ4v) is 2.57. The van der Waals surface area contributed by atoms with Crippen LogP contribution in [0.2, 0.25) is 0 Å². The third-order valence-electron chi connectivity index (χ3n) is 3.72. The molecule has 0 unspecified atom stereocenters. The molecule has 0 spiro atoms. The number of hydrogen-bond donors (Lipinski definition) is 1. The SMILES string of the molecule is Cc1nc2ccccc2n1CCNCc1cccn1C. The number of benzene rings is 1. The van der Waals surface area contributed by atoms with Crippen LogP contribution in [0.15, 0.2) is 42.6 Å². The van der Waals surface area contributed by atoms with Gasteiger partial charge in [0.05, 0.1) is 11.0 Å². The number of rotatable bonds is 5. The third kappa shape index (κ3) is 2.47. The van der Waals surface area contributed by atoms with E-state index in [0.29, 0.717) is 0 Å². The molecule has 2 heterocycles.